The summed E-state index contributed by atoms with van der Waals surface area (Å²) >= 11 is 1.41. The first-order valence-electron chi connectivity index (χ1n) is 7.34. The van der Waals surface area contributed by atoms with Crippen molar-refractivity contribution in [2.24, 2.45) is 0 Å². The third-order valence-electron chi connectivity index (χ3n) is 2.71. The second kappa shape index (κ2) is 18.8. The standard InChI is InChI=1S/C12H25.C2H4O2.Na/c1-3-5-7-9-11-12-10-8-6-4-2;1-2(3)4;/h1,3-12H2,2H3;1H3,(H,3,4);. The molecule has 0 saturated carbocycles. The number of carboxylic acids is 1. The van der Waals surface area contributed by atoms with Gasteiger partial charge in [0.2, 0.25) is 0 Å². The summed E-state index contributed by atoms with van der Waals surface area (Å²) in [6.07, 6.45) is 14.7. The normalized spacial score (nSPS) is 9.65. The van der Waals surface area contributed by atoms with Crippen LogP contribution in [-0.2, 0) is 4.79 Å². The van der Waals surface area contributed by atoms with Crippen LogP contribution < -0.4 is 0 Å². The quantitative estimate of drug-likeness (QED) is 0.456. The Kier molecular flexibility index (Phi) is 21.9. The van der Waals surface area contributed by atoms with E-state index >= 15 is 0 Å². The van der Waals surface area contributed by atoms with E-state index in [1.807, 2.05) is 0 Å². The van der Waals surface area contributed by atoms with Crippen molar-refractivity contribution >= 4 is 33.9 Å². The van der Waals surface area contributed by atoms with Gasteiger partial charge in [0.1, 0.15) is 0 Å². The first-order valence-corrected chi connectivity index (χ1v) is 8.76. The molecule has 98 valence electrons. The molecule has 0 rings (SSSR count). The molecule has 0 aromatic rings. The summed E-state index contributed by atoms with van der Waals surface area (Å²) in [5, 5.41) is 7.42. The van der Waals surface area contributed by atoms with Crippen LogP contribution in [0.1, 0.15) is 78.1 Å². The minimum absolute atomic E-state index is 0.833. The van der Waals surface area contributed by atoms with Gasteiger partial charge >= 0.3 is 103 Å². The predicted octanol–water partition coefficient (Wildman–Crippen LogP) is 4.59. The Labute approximate surface area is 125 Å². The summed E-state index contributed by atoms with van der Waals surface area (Å²) in [4.78, 5) is 9.00. The summed E-state index contributed by atoms with van der Waals surface area (Å²) in [5.41, 5.74) is 0. The van der Waals surface area contributed by atoms with E-state index in [9.17, 15) is 0 Å². The van der Waals surface area contributed by atoms with E-state index in [1.54, 1.807) is 0 Å². The molecule has 0 aromatic carbocycles. The minimum atomic E-state index is -0.833. The number of rotatable bonds is 10. The van der Waals surface area contributed by atoms with E-state index in [4.69, 9.17) is 9.90 Å². The zero-order chi connectivity index (χ0) is 13.4. The van der Waals surface area contributed by atoms with E-state index in [0.29, 0.717) is 0 Å². The number of unbranched alkanes of at least 4 members (excludes halogenated alkanes) is 9. The molecule has 0 unspecified atom stereocenters. The molecule has 0 radical (unpaired) electrons. The summed E-state index contributed by atoms with van der Waals surface area (Å²) in [6.45, 7) is 3.37. The average molecular weight is 252 g/mol. The van der Waals surface area contributed by atoms with E-state index in [1.165, 1.54) is 95.8 Å². The zero-order valence-electron chi connectivity index (χ0n) is 12.1. The molecule has 0 fully saturated rings. The van der Waals surface area contributed by atoms with Gasteiger partial charge in [0, 0.05) is 6.92 Å². The van der Waals surface area contributed by atoms with Crippen molar-refractivity contribution in [1.82, 2.24) is 0 Å². The van der Waals surface area contributed by atoms with Crippen molar-refractivity contribution in [3.63, 3.8) is 0 Å². The first kappa shape index (κ1) is 19.8. The van der Waals surface area contributed by atoms with E-state index in [0.717, 1.165) is 6.92 Å². The van der Waals surface area contributed by atoms with Gasteiger partial charge in [0.15, 0.2) is 0 Å². The van der Waals surface area contributed by atoms with Crippen LogP contribution in [0.3, 0.4) is 0 Å². The van der Waals surface area contributed by atoms with Crippen molar-refractivity contribution in [2.75, 3.05) is 0 Å². The molecule has 0 aliphatic heterocycles. The van der Waals surface area contributed by atoms with Gasteiger partial charge in [-0.05, 0) is 0 Å². The van der Waals surface area contributed by atoms with Crippen molar-refractivity contribution < 1.29 is 9.90 Å². The fraction of sp³-hybridized carbons (Fsp3) is 0.929. The second-order valence-corrected chi connectivity index (χ2v) is 5.70. The van der Waals surface area contributed by atoms with Gasteiger partial charge in [-0.3, -0.25) is 4.79 Å². The van der Waals surface area contributed by atoms with Gasteiger partial charge in [-0.25, -0.2) is 0 Å². The molecule has 0 amide bonds. The van der Waals surface area contributed by atoms with Crippen LogP contribution in [0.25, 0.3) is 0 Å². The van der Waals surface area contributed by atoms with Crippen LogP contribution in [0.4, 0.5) is 0 Å². The van der Waals surface area contributed by atoms with E-state index < -0.39 is 5.97 Å². The molecular formula is C14H29NaO2. The summed E-state index contributed by atoms with van der Waals surface area (Å²) in [6, 6.07) is 0. The molecule has 0 spiro atoms. The second-order valence-electron chi connectivity index (χ2n) is 4.70. The van der Waals surface area contributed by atoms with Crippen molar-refractivity contribution in [2.45, 2.75) is 81.7 Å². The van der Waals surface area contributed by atoms with Crippen LogP contribution >= 0.6 is 0 Å². The molecular weight excluding hydrogens is 223 g/mol. The summed E-state index contributed by atoms with van der Waals surface area (Å²) in [7, 11) is 0. The topological polar surface area (TPSA) is 37.3 Å². The molecule has 0 bridgehead atoms. The van der Waals surface area contributed by atoms with Crippen molar-refractivity contribution in [3.8, 4) is 0 Å². The third kappa shape index (κ3) is 31.5. The Balaban J connectivity index is 0. The summed E-state index contributed by atoms with van der Waals surface area (Å²) < 4.78 is 1.51. The van der Waals surface area contributed by atoms with Crippen LogP contribution in [0.5, 0.6) is 0 Å². The SMILES string of the molecule is CC(=O)O.CCCCCCCCCCC[CH2][Na]. The van der Waals surface area contributed by atoms with Gasteiger partial charge in [-0.1, -0.05) is 0 Å². The Hall–Kier alpha value is 0.470. The number of carbonyl (C=O) groups is 1. The number of carboxylic acid groups (broad SMARTS) is 1. The van der Waals surface area contributed by atoms with Gasteiger partial charge in [-0.2, -0.15) is 0 Å². The maximum absolute atomic E-state index is 9.00. The molecule has 0 aliphatic rings. The van der Waals surface area contributed by atoms with Gasteiger partial charge in [0.25, 0.3) is 5.97 Å². The van der Waals surface area contributed by atoms with Crippen LogP contribution in [0.2, 0.25) is 3.67 Å². The van der Waals surface area contributed by atoms with Crippen LogP contribution in [-0.4, -0.2) is 39.0 Å². The van der Waals surface area contributed by atoms with E-state index in [-0.39, 0.29) is 0 Å². The van der Waals surface area contributed by atoms with Crippen LogP contribution in [0, 0.1) is 0 Å². The Bertz CT molecular complexity index is 135. The molecule has 1 N–H and O–H groups in total. The molecule has 2 nitrogen and oxygen atoms in total. The maximum atomic E-state index is 9.00. The van der Waals surface area contributed by atoms with Gasteiger partial charge in [-0.15, -0.1) is 0 Å². The Morgan fingerprint density at radius 2 is 1.18 bits per heavy atom. The fourth-order valence-electron chi connectivity index (χ4n) is 1.74. The molecule has 0 heterocycles. The third-order valence-corrected chi connectivity index (χ3v) is 3.41. The van der Waals surface area contributed by atoms with E-state index in [2.05, 4.69) is 6.92 Å². The number of hydrogen-bond donors (Lipinski definition) is 1. The molecule has 17 heavy (non-hydrogen) atoms. The molecule has 0 atom stereocenters. The van der Waals surface area contributed by atoms with Gasteiger partial charge in [0.05, 0.1) is 0 Å². The summed E-state index contributed by atoms with van der Waals surface area (Å²) in [5.74, 6) is -0.833. The van der Waals surface area contributed by atoms with Crippen molar-refractivity contribution in [1.29, 1.82) is 0 Å². The first-order chi connectivity index (χ1) is 8.15. The molecule has 0 aliphatic carbocycles. The Morgan fingerprint density at radius 1 is 0.882 bits per heavy atom. The number of hydrogen-bond acceptors (Lipinski definition) is 1. The molecule has 3 heteroatoms. The average Bonchev–Trinajstić information content (AvgIpc) is 2.26. The fourth-order valence-corrected chi connectivity index (χ4v) is 2.24. The van der Waals surface area contributed by atoms with Crippen molar-refractivity contribution in [3.05, 3.63) is 0 Å². The molecule has 0 aromatic heterocycles. The Morgan fingerprint density at radius 3 is 1.47 bits per heavy atom. The molecule has 0 saturated heterocycles. The van der Waals surface area contributed by atoms with Crippen LogP contribution in [0.15, 0.2) is 0 Å². The zero-order valence-corrected chi connectivity index (χ0v) is 14.1. The van der Waals surface area contributed by atoms with Gasteiger partial charge < -0.3 is 5.11 Å². The predicted molar refractivity (Wildman–Crippen MR) is 75.7 cm³/mol. The number of aliphatic carboxylic acids is 1. The monoisotopic (exact) mass is 252 g/mol.